The number of alkyl halides is 2. The molecule has 1 fully saturated rings. The second kappa shape index (κ2) is 7.90. The van der Waals surface area contributed by atoms with Gasteiger partial charge in [-0.3, -0.25) is 9.69 Å². The number of piperidine rings is 1. The molecule has 1 amide bonds. The van der Waals surface area contributed by atoms with Crippen LogP contribution in [0.5, 0.6) is 0 Å². The molecule has 3 heterocycles. The van der Waals surface area contributed by atoms with Gasteiger partial charge in [-0.25, -0.2) is 8.78 Å². The largest absolute Gasteiger partial charge is 0.348 e. The molecule has 4 nitrogen and oxygen atoms in total. The molecule has 130 valence electrons. The molecule has 1 aliphatic rings. The summed E-state index contributed by atoms with van der Waals surface area (Å²) in [6, 6.07) is 7.78. The van der Waals surface area contributed by atoms with Crippen LogP contribution in [0.4, 0.5) is 8.78 Å². The molecule has 1 aliphatic heterocycles. The molecule has 24 heavy (non-hydrogen) atoms. The van der Waals surface area contributed by atoms with E-state index in [-0.39, 0.29) is 18.5 Å². The predicted molar refractivity (Wildman–Crippen MR) is 90.8 cm³/mol. The Labute approximate surface area is 144 Å². The summed E-state index contributed by atoms with van der Waals surface area (Å²) in [6.45, 7) is 1.71. The Bertz CT molecular complexity index is 649. The maximum absolute atomic E-state index is 12.5. The molecule has 0 atom stereocenters. The van der Waals surface area contributed by atoms with Gasteiger partial charge in [-0.2, -0.15) is 0 Å². The van der Waals surface area contributed by atoms with Gasteiger partial charge in [0, 0.05) is 30.2 Å². The van der Waals surface area contributed by atoms with E-state index in [1.807, 2.05) is 40.4 Å². The quantitative estimate of drug-likeness (QED) is 0.867. The van der Waals surface area contributed by atoms with Crippen molar-refractivity contribution in [2.24, 2.45) is 0 Å². The molecule has 0 aliphatic carbocycles. The summed E-state index contributed by atoms with van der Waals surface area (Å²) in [4.78, 5) is 15.5. The van der Waals surface area contributed by atoms with E-state index in [0.717, 1.165) is 0 Å². The van der Waals surface area contributed by atoms with Crippen LogP contribution in [0.1, 0.15) is 28.2 Å². The summed E-state index contributed by atoms with van der Waals surface area (Å²) in [6.07, 6.45) is 1.03. The maximum atomic E-state index is 12.5. The highest BCUT2D eigenvalue weighted by Gasteiger charge is 2.23. The summed E-state index contributed by atoms with van der Waals surface area (Å²) in [5.74, 6) is -0.0936. The van der Waals surface area contributed by atoms with Crippen molar-refractivity contribution in [3.63, 3.8) is 0 Å². The van der Waals surface area contributed by atoms with Gasteiger partial charge in [-0.15, -0.1) is 11.3 Å². The predicted octanol–water partition coefficient (Wildman–Crippen LogP) is 3.06. The van der Waals surface area contributed by atoms with Crippen LogP contribution in [-0.4, -0.2) is 47.5 Å². The number of thiophene rings is 1. The number of halogens is 2. The zero-order valence-electron chi connectivity index (χ0n) is 13.3. The molecular weight excluding hydrogens is 332 g/mol. The molecule has 1 saturated heterocycles. The first-order valence-corrected chi connectivity index (χ1v) is 8.98. The number of hydrogen-bond donors (Lipinski definition) is 1. The zero-order chi connectivity index (χ0) is 16.9. The lowest BCUT2D eigenvalue weighted by molar-refractivity contribution is 0.0694. The highest BCUT2D eigenvalue weighted by atomic mass is 32.1. The molecule has 0 radical (unpaired) electrons. The average molecular weight is 353 g/mol. The molecule has 7 heteroatoms. The summed E-state index contributed by atoms with van der Waals surface area (Å²) >= 11 is 1.66. The molecule has 3 rings (SSSR count). The highest BCUT2D eigenvalue weighted by Crippen LogP contribution is 2.15. The van der Waals surface area contributed by atoms with Crippen molar-refractivity contribution in [2.75, 3.05) is 19.6 Å². The lowest BCUT2D eigenvalue weighted by Crippen LogP contribution is -2.46. The minimum Gasteiger partial charge on any atom is -0.348 e. The topological polar surface area (TPSA) is 37.3 Å². The van der Waals surface area contributed by atoms with Gasteiger partial charge < -0.3 is 9.88 Å². The number of nitrogens with zero attached hydrogens (tertiary/aromatic N) is 2. The molecule has 1 N–H and O–H groups in total. The van der Waals surface area contributed by atoms with Crippen molar-refractivity contribution < 1.29 is 13.6 Å². The van der Waals surface area contributed by atoms with Crippen molar-refractivity contribution >= 4 is 17.2 Å². The normalized spacial score (nSPS) is 16.6. The van der Waals surface area contributed by atoms with Gasteiger partial charge >= 0.3 is 0 Å². The Balaban J connectivity index is 1.54. The first-order valence-electron chi connectivity index (χ1n) is 8.10. The molecule has 0 aromatic carbocycles. The van der Waals surface area contributed by atoms with Crippen LogP contribution in [0.3, 0.4) is 0 Å². The third-order valence-corrected chi connectivity index (χ3v) is 5.15. The summed E-state index contributed by atoms with van der Waals surface area (Å²) in [7, 11) is 0. The minimum absolute atomic E-state index is 0.0523. The van der Waals surface area contributed by atoms with Crippen molar-refractivity contribution in [1.29, 1.82) is 0 Å². The Morgan fingerprint density at radius 3 is 2.75 bits per heavy atom. The molecule has 0 unspecified atom stereocenters. The molecule has 0 bridgehead atoms. The summed E-state index contributed by atoms with van der Waals surface area (Å²) in [5, 5.41) is 5.06. The minimum atomic E-state index is -2.29. The number of rotatable bonds is 6. The standard InChI is InChI=1S/C17H21F2N3OS/c18-16(19)12-21-8-5-13(6-9-21)20-17(23)15-4-1-7-22(15)11-14-3-2-10-24-14/h1-4,7,10,13,16H,5-6,8-9,11-12H2,(H,20,23). The van der Waals surface area contributed by atoms with Crippen LogP contribution >= 0.6 is 11.3 Å². The molecular formula is C17H21F2N3OS. The van der Waals surface area contributed by atoms with E-state index in [1.165, 1.54) is 4.88 Å². The van der Waals surface area contributed by atoms with Crippen LogP contribution in [0.15, 0.2) is 35.8 Å². The Hall–Kier alpha value is -1.73. The zero-order valence-corrected chi connectivity index (χ0v) is 14.1. The van der Waals surface area contributed by atoms with Gasteiger partial charge in [0.05, 0.1) is 13.1 Å². The fraction of sp³-hybridized carbons (Fsp3) is 0.471. The van der Waals surface area contributed by atoms with Crippen LogP contribution in [-0.2, 0) is 6.54 Å². The summed E-state index contributed by atoms with van der Waals surface area (Å²) < 4.78 is 26.7. The Kier molecular flexibility index (Phi) is 5.63. The number of likely N-dealkylation sites (tertiary alicyclic amines) is 1. The van der Waals surface area contributed by atoms with E-state index < -0.39 is 6.43 Å². The van der Waals surface area contributed by atoms with Gasteiger partial charge in [0.15, 0.2) is 0 Å². The average Bonchev–Trinajstić information content (AvgIpc) is 3.21. The number of hydrogen-bond acceptors (Lipinski definition) is 3. The SMILES string of the molecule is O=C(NC1CCN(CC(F)F)CC1)c1cccn1Cc1cccs1. The van der Waals surface area contributed by atoms with Gasteiger partial charge in [0.2, 0.25) is 0 Å². The van der Waals surface area contributed by atoms with Crippen molar-refractivity contribution in [2.45, 2.75) is 31.9 Å². The van der Waals surface area contributed by atoms with Crippen LogP contribution in [0.2, 0.25) is 0 Å². The lowest BCUT2D eigenvalue weighted by Gasteiger charge is -2.32. The van der Waals surface area contributed by atoms with Gasteiger partial charge in [-0.1, -0.05) is 6.07 Å². The number of carbonyl (C=O) groups is 1. The molecule has 2 aromatic rings. The van der Waals surface area contributed by atoms with Gasteiger partial charge in [0.1, 0.15) is 5.69 Å². The first-order chi connectivity index (χ1) is 11.6. The van der Waals surface area contributed by atoms with Crippen molar-refractivity contribution in [3.05, 3.63) is 46.4 Å². The number of aromatic nitrogens is 1. The summed E-state index contributed by atoms with van der Waals surface area (Å²) in [5.41, 5.74) is 0.637. The van der Waals surface area contributed by atoms with E-state index in [9.17, 15) is 13.6 Å². The third kappa shape index (κ3) is 4.42. The third-order valence-electron chi connectivity index (χ3n) is 4.29. The second-order valence-electron chi connectivity index (χ2n) is 6.04. The number of amides is 1. The van der Waals surface area contributed by atoms with Gasteiger partial charge in [0.25, 0.3) is 12.3 Å². The van der Waals surface area contributed by atoms with Crippen molar-refractivity contribution in [3.8, 4) is 0 Å². The Morgan fingerprint density at radius 2 is 2.08 bits per heavy atom. The maximum Gasteiger partial charge on any atom is 0.268 e. The second-order valence-corrected chi connectivity index (χ2v) is 7.07. The molecule has 2 aromatic heterocycles. The fourth-order valence-electron chi connectivity index (χ4n) is 3.04. The van der Waals surface area contributed by atoms with Crippen LogP contribution < -0.4 is 5.32 Å². The van der Waals surface area contributed by atoms with E-state index in [4.69, 9.17) is 0 Å². The van der Waals surface area contributed by atoms with Gasteiger partial charge in [-0.05, 0) is 36.4 Å². The van der Waals surface area contributed by atoms with Crippen molar-refractivity contribution in [1.82, 2.24) is 14.8 Å². The fourth-order valence-corrected chi connectivity index (χ4v) is 3.75. The van der Waals surface area contributed by atoms with E-state index >= 15 is 0 Å². The van der Waals surface area contributed by atoms with Crippen LogP contribution in [0.25, 0.3) is 0 Å². The first kappa shape index (κ1) is 17.1. The molecule has 0 saturated carbocycles. The van der Waals surface area contributed by atoms with E-state index in [0.29, 0.717) is 38.2 Å². The van der Waals surface area contributed by atoms with E-state index in [2.05, 4.69) is 5.32 Å². The monoisotopic (exact) mass is 353 g/mol. The molecule has 0 spiro atoms. The number of carbonyl (C=O) groups excluding carboxylic acids is 1. The van der Waals surface area contributed by atoms with E-state index in [1.54, 1.807) is 16.2 Å². The smallest absolute Gasteiger partial charge is 0.268 e. The Morgan fingerprint density at radius 1 is 1.29 bits per heavy atom. The number of nitrogens with one attached hydrogen (secondary N) is 1. The van der Waals surface area contributed by atoms with Crippen LogP contribution in [0, 0.1) is 0 Å². The highest BCUT2D eigenvalue weighted by molar-refractivity contribution is 7.09. The lowest BCUT2D eigenvalue weighted by atomic mass is 10.0.